The van der Waals surface area contributed by atoms with Crippen molar-refractivity contribution in [2.24, 2.45) is 0 Å². The van der Waals surface area contributed by atoms with Crippen LogP contribution in [0.3, 0.4) is 0 Å². The average molecular weight is 475 g/mol. The molecule has 6 heteroatoms. The Morgan fingerprint density at radius 3 is 1.29 bits per heavy atom. The molecule has 0 spiro atoms. The summed E-state index contributed by atoms with van der Waals surface area (Å²) in [6, 6.07) is 29.6. The molecule has 0 amide bonds. The predicted molar refractivity (Wildman–Crippen MR) is 141 cm³/mol. The second-order valence-electron chi connectivity index (χ2n) is 8.04. The molecule has 0 N–H and O–H groups in total. The highest BCUT2D eigenvalue weighted by Gasteiger charge is 2.19. The van der Waals surface area contributed by atoms with Gasteiger partial charge in [-0.25, -0.2) is 9.97 Å². The van der Waals surface area contributed by atoms with E-state index in [0.717, 1.165) is 55.0 Å². The van der Waals surface area contributed by atoms with Crippen LogP contribution < -0.4 is 0 Å². The second kappa shape index (κ2) is 7.80. The molecule has 4 aromatic heterocycles. The molecule has 0 aliphatic carbocycles. The van der Waals surface area contributed by atoms with Gasteiger partial charge in [-0.05, 0) is 0 Å². The first-order valence-electron chi connectivity index (χ1n) is 11.0. The Labute approximate surface area is 204 Å². The van der Waals surface area contributed by atoms with E-state index in [1.54, 1.807) is 22.7 Å². The molecular weight excluding hydrogens is 456 g/mol. The van der Waals surface area contributed by atoms with Crippen LogP contribution in [0.5, 0.6) is 0 Å². The van der Waals surface area contributed by atoms with Gasteiger partial charge < -0.3 is 0 Å². The van der Waals surface area contributed by atoms with Crippen LogP contribution in [0, 0.1) is 0 Å². The van der Waals surface area contributed by atoms with Crippen LogP contribution in [0.4, 0.5) is 0 Å². The van der Waals surface area contributed by atoms with E-state index >= 15 is 0 Å². The SMILES string of the molecule is c1ccc(-c2nc3sccn3c2-c2ccc(-c3c(-c4ccccc4)nc4sccn34)cc2)cc1. The first kappa shape index (κ1) is 19.5. The highest BCUT2D eigenvalue weighted by atomic mass is 32.1. The molecule has 34 heavy (non-hydrogen) atoms. The molecule has 0 fully saturated rings. The van der Waals surface area contributed by atoms with E-state index in [9.17, 15) is 0 Å². The van der Waals surface area contributed by atoms with Gasteiger partial charge in [0.05, 0.1) is 22.8 Å². The van der Waals surface area contributed by atoms with Gasteiger partial charge in [0.2, 0.25) is 0 Å². The average Bonchev–Trinajstić information content (AvgIpc) is 3.66. The lowest BCUT2D eigenvalue weighted by molar-refractivity contribution is 1.23. The summed E-state index contributed by atoms with van der Waals surface area (Å²) in [6.07, 6.45) is 4.20. The summed E-state index contributed by atoms with van der Waals surface area (Å²) in [6.45, 7) is 0. The van der Waals surface area contributed by atoms with Crippen molar-refractivity contribution in [3.05, 3.63) is 108 Å². The van der Waals surface area contributed by atoms with Crippen molar-refractivity contribution in [3.63, 3.8) is 0 Å². The Bertz CT molecular complexity index is 1610. The van der Waals surface area contributed by atoms with Crippen LogP contribution in [-0.2, 0) is 0 Å². The van der Waals surface area contributed by atoms with Crippen molar-refractivity contribution in [3.8, 4) is 45.0 Å². The Morgan fingerprint density at radius 1 is 0.471 bits per heavy atom. The molecule has 7 aromatic rings. The number of fused-ring (bicyclic) bond motifs is 2. The molecule has 0 bridgehead atoms. The van der Waals surface area contributed by atoms with Crippen LogP contribution in [0.2, 0.25) is 0 Å². The minimum absolute atomic E-state index is 1.00. The van der Waals surface area contributed by atoms with E-state index in [1.165, 1.54) is 0 Å². The fourth-order valence-electron chi connectivity index (χ4n) is 4.50. The maximum Gasteiger partial charge on any atom is 0.194 e. The normalized spacial score (nSPS) is 11.5. The summed E-state index contributed by atoms with van der Waals surface area (Å²) in [5, 5.41) is 4.17. The molecule has 0 aliphatic heterocycles. The van der Waals surface area contributed by atoms with Gasteiger partial charge in [-0.3, -0.25) is 8.80 Å². The largest absolute Gasteiger partial charge is 0.290 e. The van der Waals surface area contributed by atoms with Gasteiger partial charge >= 0.3 is 0 Å². The molecule has 0 aliphatic rings. The van der Waals surface area contributed by atoms with Gasteiger partial charge in [-0.2, -0.15) is 0 Å². The summed E-state index contributed by atoms with van der Waals surface area (Å²) in [5.41, 5.74) is 8.78. The number of imidazole rings is 2. The van der Waals surface area contributed by atoms with Crippen LogP contribution >= 0.6 is 22.7 Å². The summed E-state index contributed by atoms with van der Waals surface area (Å²) >= 11 is 3.31. The van der Waals surface area contributed by atoms with E-state index in [2.05, 4.69) is 105 Å². The maximum absolute atomic E-state index is 4.95. The fourth-order valence-corrected chi connectivity index (χ4v) is 5.93. The quantitative estimate of drug-likeness (QED) is 0.261. The van der Waals surface area contributed by atoms with Gasteiger partial charge in [-0.15, -0.1) is 22.7 Å². The first-order chi connectivity index (χ1) is 16.9. The van der Waals surface area contributed by atoms with Crippen LogP contribution in [0.1, 0.15) is 0 Å². The number of benzene rings is 3. The molecule has 0 saturated heterocycles. The third-order valence-corrected chi connectivity index (χ3v) is 7.56. The summed E-state index contributed by atoms with van der Waals surface area (Å²) < 4.78 is 4.38. The zero-order valence-electron chi connectivity index (χ0n) is 18.0. The first-order valence-corrected chi connectivity index (χ1v) is 12.8. The summed E-state index contributed by atoms with van der Waals surface area (Å²) in [7, 11) is 0. The molecule has 0 saturated carbocycles. The Morgan fingerprint density at radius 2 is 0.882 bits per heavy atom. The van der Waals surface area contributed by atoms with Crippen molar-refractivity contribution >= 4 is 32.6 Å². The Hall–Kier alpha value is -4.00. The van der Waals surface area contributed by atoms with Crippen molar-refractivity contribution in [2.75, 3.05) is 0 Å². The van der Waals surface area contributed by atoms with E-state index < -0.39 is 0 Å². The third-order valence-electron chi connectivity index (χ3n) is 6.05. The zero-order chi connectivity index (χ0) is 22.5. The highest BCUT2D eigenvalue weighted by molar-refractivity contribution is 7.15. The molecule has 0 atom stereocenters. The zero-order valence-corrected chi connectivity index (χ0v) is 19.6. The monoisotopic (exact) mass is 474 g/mol. The number of rotatable bonds is 4. The van der Waals surface area contributed by atoms with Gasteiger partial charge in [0, 0.05) is 45.4 Å². The predicted octanol–water partition coefficient (Wildman–Crippen LogP) is 7.77. The minimum Gasteiger partial charge on any atom is -0.290 e. The van der Waals surface area contributed by atoms with E-state index in [4.69, 9.17) is 9.97 Å². The Balaban J connectivity index is 1.39. The topological polar surface area (TPSA) is 34.6 Å². The second-order valence-corrected chi connectivity index (χ2v) is 9.78. The molecule has 162 valence electrons. The molecule has 4 heterocycles. The number of hydrogen-bond acceptors (Lipinski definition) is 4. The van der Waals surface area contributed by atoms with Gasteiger partial charge in [0.15, 0.2) is 9.92 Å². The number of thiazole rings is 2. The van der Waals surface area contributed by atoms with Crippen molar-refractivity contribution in [1.29, 1.82) is 0 Å². The van der Waals surface area contributed by atoms with Crippen molar-refractivity contribution in [1.82, 2.24) is 18.8 Å². The van der Waals surface area contributed by atoms with E-state index in [0.29, 0.717) is 0 Å². The summed E-state index contributed by atoms with van der Waals surface area (Å²) in [5.74, 6) is 0. The van der Waals surface area contributed by atoms with E-state index in [1.807, 2.05) is 12.1 Å². The standard InChI is InChI=1S/C28H18N4S2/c1-3-7-19(8-4-1)23-25(31-15-17-33-27(31)29-23)21-11-13-22(14-12-21)26-24(20-9-5-2-6-10-20)30-28-32(26)16-18-34-28/h1-18H. The Kier molecular flexibility index (Phi) is 4.46. The number of nitrogens with zero attached hydrogens (tertiary/aromatic N) is 4. The highest BCUT2D eigenvalue weighted by Crippen LogP contribution is 2.38. The smallest absolute Gasteiger partial charge is 0.194 e. The van der Waals surface area contributed by atoms with Gasteiger partial charge in [-0.1, -0.05) is 84.9 Å². The third kappa shape index (κ3) is 3.04. The molecule has 3 aromatic carbocycles. The molecule has 7 rings (SSSR count). The van der Waals surface area contributed by atoms with Crippen molar-refractivity contribution in [2.45, 2.75) is 0 Å². The number of hydrogen-bond donors (Lipinski definition) is 0. The summed E-state index contributed by atoms with van der Waals surface area (Å²) in [4.78, 5) is 11.9. The number of aromatic nitrogens is 4. The molecule has 0 unspecified atom stereocenters. The van der Waals surface area contributed by atoms with Crippen LogP contribution in [0.15, 0.2) is 108 Å². The fraction of sp³-hybridized carbons (Fsp3) is 0. The lowest BCUT2D eigenvalue weighted by Crippen LogP contribution is -1.90. The molecule has 0 radical (unpaired) electrons. The minimum atomic E-state index is 1.00. The van der Waals surface area contributed by atoms with Crippen LogP contribution in [0.25, 0.3) is 55.0 Å². The molecular formula is C28H18N4S2. The van der Waals surface area contributed by atoms with E-state index in [-0.39, 0.29) is 0 Å². The lowest BCUT2D eigenvalue weighted by Gasteiger charge is -2.08. The lowest BCUT2D eigenvalue weighted by atomic mass is 10.0. The molecule has 4 nitrogen and oxygen atoms in total. The van der Waals surface area contributed by atoms with Gasteiger partial charge in [0.1, 0.15) is 0 Å². The van der Waals surface area contributed by atoms with Gasteiger partial charge in [0.25, 0.3) is 0 Å². The van der Waals surface area contributed by atoms with Crippen molar-refractivity contribution < 1.29 is 0 Å². The maximum atomic E-state index is 4.95. The van der Waals surface area contributed by atoms with Crippen LogP contribution in [-0.4, -0.2) is 18.8 Å².